The highest BCUT2D eigenvalue weighted by Crippen LogP contribution is 2.24. The van der Waals surface area contributed by atoms with E-state index in [1.807, 2.05) is 27.7 Å². The van der Waals surface area contributed by atoms with Crippen molar-refractivity contribution < 1.29 is 19.1 Å². The normalized spacial score (nSPS) is 14.6. The number of nitrogens with zero attached hydrogens (tertiary/aromatic N) is 4. The number of carbonyl (C=O) groups is 2. The third-order valence-electron chi connectivity index (χ3n) is 4.70. The van der Waals surface area contributed by atoms with E-state index in [0.29, 0.717) is 43.4 Å². The second kappa shape index (κ2) is 9.80. The lowest BCUT2D eigenvalue weighted by Gasteiger charge is -2.33. The van der Waals surface area contributed by atoms with Crippen molar-refractivity contribution in [3.63, 3.8) is 0 Å². The van der Waals surface area contributed by atoms with Gasteiger partial charge in [-0.3, -0.25) is 4.79 Å². The SMILES string of the molecule is CC(=O)Nc1cc(C)c(Nc2cc(OC3CCN(C(=O)OC(C)(C)C)CC3)ncn2)cn1. The fourth-order valence-electron chi connectivity index (χ4n) is 3.20. The first kappa shape index (κ1) is 23.2. The first-order valence-electron chi connectivity index (χ1n) is 10.6. The van der Waals surface area contributed by atoms with Gasteiger partial charge in [0.05, 0.1) is 11.9 Å². The van der Waals surface area contributed by atoms with Gasteiger partial charge >= 0.3 is 6.09 Å². The smallest absolute Gasteiger partial charge is 0.410 e. The van der Waals surface area contributed by atoms with Crippen molar-refractivity contribution in [1.82, 2.24) is 19.9 Å². The first-order chi connectivity index (χ1) is 15.1. The molecule has 10 heteroatoms. The average Bonchev–Trinajstić information content (AvgIpc) is 2.69. The maximum Gasteiger partial charge on any atom is 0.410 e. The second-order valence-electron chi connectivity index (χ2n) is 8.72. The molecule has 0 radical (unpaired) electrons. The van der Waals surface area contributed by atoms with Crippen LogP contribution in [0.5, 0.6) is 5.88 Å². The molecular formula is C22H30N6O4. The summed E-state index contributed by atoms with van der Waals surface area (Å²) in [5, 5.41) is 5.85. The molecule has 1 aliphatic heterocycles. The maximum absolute atomic E-state index is 12.2. The number of amides is 2. The molecule has 1 saturated heterocycles. The average molecular weight is 443 g/mol. The number of aromatic nitrogens is 3. The summed E-state index contributed by atoms with van der Waals surface area (Å²) in [7, 11) is 0. The summed E-state index contributed by atoms with van der Waals surface area (Å²) >= 11 is 0. The number of aryl methyl sites for hydroxylation is 1. The number of likely N-dealkylation sites (tertiary alicyclic amines) is 1. The van der Waals surface area contributed by atoms with Gasteiger partial charge in [0.25, 0.3) is 0 Å². The lowest BCUT2D eigenvalue weighted by molar-refractivity contribution is -0.114. The van der Waals surface area contributed by atoms with Crippen LogP contribution >= 0.6 is 0 Å². The van der Waals surface area contributed by atoms with Crippen LogP contribution in [-0.4, -0.2) is 56.6 Å². The zero-order valence-corrected chi connectivity index (χ0v) is 19.1. The Kier molecular flexibility index (Phi) is 7.12. The highest BCUT2D eigenvalue weighted by Gasteiger charge is 2.27. The fraction of sp³-hybridized carbons (Fsp3) is 0.500. The van der Waals surface area contributed by atoms with Gasteiger partial charge in [0, 0.05) is 38.9 Å². The Balaban J connectivity index is 1.56. The summed E-state index contributed by atoms with van der Waals surface area (Å²) in [6, 6.07) is 3.50. The summed E-state index contributed by atoms with van der Waals surface area (Å²) in [6.45, 7) is 10.1. The number of hydrogen-bond acceptors (Lipinski definition) is 8. The number of rotatable bonds is 5. The Hall–Kier alpha value is -3.43. The molecular weight excluding hydrogens is 412 g/mol. The topological polar surface area (TPSA) is 119 Å². The molecule has 1 aliphatic rings. The van der Waals surface area contributed by atoms with Gasteiger partial charge in [-0.2, -0.15) is 0 Å². The van der Waals surface area contributed by atoms with E-state index >= 15 is 0 Å². The molecule has 3 heterocycles. The minimum atomic E-state index is -0.507. The number of pyridine rings is 1. The number of hydrogen-bond donors (Lipinski definition) is 2. The van der Waals surface area contributed by atoms with Crippen LogP contribution in [0.1, 0.15) is 46.1 Å². The molecule has 0 unspecified atom stereocenters. The summed E-state index contributed by atoms with van der Waals surface area (Å²) in [4.78, 5) is 37.8. The van der Waals surface area contributed by atoms with E-state index in [1.165, 1.54) is 13.3 Å². The van der Waals surface area contributed by atoms with Gasteiger partial charge in [-0.05, 0) is 39.3 Å². The van der Waals surface area contributed by atoms with Gasteiger partial charge in [0.1, 0.15) is 29.7 Å². The van der Waals surface area contributed by atoms with Gasteiger partial charge in [-0.25, -0.2) is 19.7 Å². The Bertz CT molecular complexity index is 967. The van der Waals surface area contributed by atoms with Crippen molar-refractivity contribution in [2.24, 2.45) is 0 Å². The van der Waals surface area contributed by atoms with Gasteiger partial charge < -0.3 is 25.0 Å². The molecule has 0 bridgehead atoms. The summed E-state index contributed by atoms with van der Waals surface area (Å²) in [6.07, 6.45) is 4.12. The van der Waals surface area contributed by atoms with E-state index in [1.54, 1.807) is 23.2 Å². The van der Waals surface area contributed by atoms with Gasteiger partial charge in [-0.1, -0.05) is 0 Å². The first-order valence-corrected chi connectivity index (χ1v) is 10.6. The van der Waals surface area contributed by atoms with E-state index in [9.17, 15) is 9.59 Å². The molecule has 2 aromatic heterocycles. The fourth-order valence-corrected chi connectivity index (χ4v) is 3.20. The van der Waals surface area contributed by atoms with Gasteiger partial charge in [-0.15, -0.1) is 0 Å². The molecule has 2 N–H and O–H groups in total. The van der Waals surface area contributed by atoms with Crippen molar-refractivity contribution in [3.8, 4) is 5.88 Å². The summed E-state index contributed by atoms with van der Waals surface area (Å²) < 4.78 is 11.5. The van der Waals surface area contributed by atoms with Crippen LogP contribution in [0.25, 0.3) is 0 Å². The van der Waals surface area contributed by atoms with E-state index < -0.39 is 5.60 Å². The van der Waals surface area contributed by atoms with Crippen LogP contribution in [0, 0.1) is 6.92 Å². The molecule has 172 valence electrons. The van der Waals surface area contributed by atoms with E-state index in [-0.39, 0.29) is 18.1 Å². The number of ether oxygens (including phenoxy) is 2. The molecule has 10 nitrogen and oxygen atoms in total. The van der Waals surface area contributed by atoms with Crippen LogP contribution in [0.4, 0.5) is 22.1 Å². The lowest BCUT2D eigenvalue weighted by Crippen LogP contribution is -2.44. The van der Waals surface area contributed by atoms with Crippen LogP contribution in [0.15, 0.2) is 24.7 Å². The molecule has 1 fully saturated rings. The molecule has 0 aliphatic carbocycles. The van der Waals surface area contributed by atoms with Crippen molar-refractivity contribution in [2.45, 2.75) is 59.2 Å². The maximum atomic E-state index is 12.2. The highest BCUT2D eigenvalue weighted by atomic mass is 16.6. The van der Waals surface area contributed by atoms with E-state index in [2.05, 4.69) is 25.6 Å². The Morgan fingerprint density at radius 3 is 2.44 bits per heavy atom. The molecule has 0 saturated carbocycles. The zero-order chi connectivity index (χ0) is 23.3. The zero-order valence-electron chi connectivity index (χ0n) is 19.1. The third kappa shape index (κ3) is 6.79. The van der Waals surface area contributed by atoms with Crippen LogP contribution in [0.2, 0.25) is 0 Å². The van der Waals surface area contributed by atoms with Gasteiger partial charge in [0.2, 0.25) is 11.8 Å². The molecule has 32 heavy (non-hydrogen) atoms. The third-order valence-corrected chi connectivity index (χ3v) is 4.70. The van der Waals surface area contributed by atoms with E-state index in [4.69, 9.17) is 9.47 Å². The van der Waals surface area contributed by atoms with Crippen LogP contribution in [-0.2, 0) is 9.53 Å². The number of anilines is 3. The van der Waals surface area contributed by atoms with Crippen molar-refractivity contribution >= 4 is 29.3 Å². The second-order valence-corrected chi connectivity index (χ2v) is 8.72. The largest absolute Gasteiger partial charge is 0.474 e. The molecule has 0 atom stereocenters. The Morgan fingerprint density at radius 2 is 1.81 bits per heavy atom. The highest BCUT2D eigenvalue weighted by molar-refractivity contribution is 5.87. The molecule has 3 rings (SSSR count). The van der Waals surface area contributed by atoms with Crippen LogP contribution in [0.3, 0.4) is 0 Å². The molecule has 0 aromatic carbocycles. The monoisotopic (exact) mass is 442 g/mol. The summed E-state index contributed by atoms with van der Waals surface area (Å²) in [5.74, 6) is 1.34. The number of piperidine rings is 1. The molecule has 2 amide bonds. The number of nitrogens with one attached hydrogen (secondary N) is 2. The van der Waals surface area contributed by atoms with Gasteiger partial charge in [0.15, 0.2) is 0 Å². The predicted molar refractivity (Wildman–Crippen MR) is 120 cm³/mol. The minimum absolute atomic E-state index is 0.0446. The lowest BCUT2D eigenvalue weighted by atomic mass is 10.1. The predicted octanol–water partition coefficient (Wildman–Crippen LogP) is 3.66. The quantitative estimate of drug-likeness (QED) is 0.720. The number of carbonyl (C=O) groups excluding carboxylic acids is 2. The summed E-state index contributed by atoms with van der Waals surface area (Å²) in [5.41, 5.74) is 1.15. The standard InChI is InChI=1S/C22H30N6O4/c1-14-10-18(26-15(2)29)23-12-17(14)27-19-11-20(25-13-24-19)31-16-6-8-28(9-7-16)21(30)32-22(3,4)5/h10-13,16H,6-9H2,1-5H3,(H,23,26,29)(H,24,25,27). The minimum Gasteiger partial charge on any atom is -0.474 e. The van der Waals surface area contributed by atoms with Crippen molar-refractivity contribution in [1.29, 1.82) is 0 Å². The molecule has 0 spiro atoms. The van der Waals surface area contributed by atoms with Crippen molar-refractivity contribution in [2.75, 3.05) is 23.7 Å². The van der Waals surface area contributed by atoms with E-state index in [0.717, 1.165) is 11.3 Å². The molecule has 2 aromatic rings. The van der Waals surface area contributed by atoms with Crippen molar-refractivity contribution in [3.05, 3.63) is 30.2 Å². The Labute approximate surface area is 187 Å². The van der Waals surface area contributed by atoms with Crippen LogP contribution < -0.4 is 15.4 Å². The Morgan fingerprint density at radius 1 is 1.09 bits per heavy atom.